The van der Waals surface area contributed by atoms with Crippen LogP contribution in [0.25, 0.3) is 0 Å². The fourth-order valence-electron chi connectivity index (χ4n) is 3.38. The van der Waals surface area contributed by atoms with E-state index in [1.54, 1.807) is 47.4 Å². The summed E-state index contributed by atoms with van der Waals surface area (Å²) in [5.41, 5.74) is 1.82. The van der Waals surface area contributed by atoms with Crippen molar-refractivity contribution in [2.45, 2.75) is 19.3 Å². The molecule has 0 saturated carbocycles. The molecule has 0 radical (unpaired) electrons. The first-order valence-electron chi connectivity index (χ1n) is 10.1. The van der Waals surface area contributed by atoms with Gasteiger partial charge in [-0.1, -0.05) is 11.6 Å². The summed E-state index contributed by atoms with van der Waals surface area (Å²) in [6.07, 6.45) is 5.28. The van der Waals surface area contributed by atoms with Gasteiger partial charge in [0.05, 0.1) is 10.7 Å². The van der Waals surface area contributed by atoms with Gasteiger partial charge in [-0.05, 0) is 61.4 Å². The van der Waals surface area contributed by atoms with E-state index in [9.17, 15) is 14.4 Å². The summed E-state index contributed by atoms with van der Waals surface area (Å²) >= 11 is 5.80. The van der Waals surface area contributed by atoms with Gasteiger partial charge < -0.3 is 15.5 Å². The summed E-state index contributed by atoms with van der Waals surface area (Å²) in [4.78, 5) is 47.2. The quantitative estimate of drug-likeness (QED) is 0.608. The lowest BCUT2D eigenvalue weighted by atomic mass is 10.1. The summed E-state index contributed by atoms with van der Waals surface area (Å²) < 4.78 is 0. The van der Waals surface area contributed by atoms with Crippen molar-refractivity contribution in [3.8, 4) is 0 Å². The number of hydrogen-bond donors (Lipinski definition) is 2. The van der Waals surface area contributed by atoms with Gasteiger partial charge in [-0.15, -0.1) is 0 Å². The molecule has 0 aliphatic carbocycles. The molecular formula is C23H20ClN5O3. The van der Waals surface area contributed by atoms with Crippen LogP contribution in [-0.2, 0) is 4.79 Å². The van der Waals surface area contributed by atoms with Crippen molar-refractivity contribution >= 4 is 46.4 Å². The Hall–Kier alpha value is -3.78. The van der Waals surface area contributed by atoms with Gasteiger partial charge in [0.1, 0.15) is 5.69 Å². The maximum absolute atomic E-state index is 12.8. The molecule has 1 aromatic carbocycles. The third-order valence-electron chi connectivity index (χ3n) is 4.99. The monoisotopic (exact) mass is 449 g/mol. The van der Waals surface area contributed by atoms with Crippen LogP contribution in [0.1, 0.15) is 40.2 Å². The minimum atomic E-state index is -0.487. The predicted octanol–water partition coefficient (Wildman–Crippen LogP) is 4.15. The van der Waals surface area contributed by atoms with Crippen molar-refractivity contribution in [1.29, 1.82) is 0 Å². The van der Waals surface area contributed by atoms with Crippen LogP contribution in [0.3, 0.4) is 0 Å². The smallest absolute Gasteiger partial charge is 0.276 e. The Kier molecular flexibility index (Phi) is 6.42. The summed E-state index contributed by atoms with van der Waals surface area (Å²) in [6.45, 7) is 0.698. The number of rotatable bonds is 5. The number of nitrogens with zero attached hydrogens (tertiary/aromatic N) is 3. The van der Waals surface area contributed by atoms with Crippen LogP contribution in [0.5, 0.6) is 0 Å². The number of nitrogens with one attached hydrogen (secondary N) is 2. The highest BCUT2D eigenvalue weighted by atomic mass is 35.5. The fraction of sp³-hybridized carbons (Fsp3) is 0.174. The second-order valence-corrected chi connectivity index (χ2v) is 7.66. The molecule has 3 heterocycles. The lowest BCUT2D eigenvalue weighted by Gasteiger charge is -2.26. The molecule has 9 heteroatoms. The summed E-state index contributed by atoms with van der Waals surface area (Å²) in [6, 6.07) is 13.3. The Labute approximate surface area is 189 Å². The molecule has 162 valence electrons. The third kappa shape index (κ3) is 4.92. The molecule has 0 unspecified atom stereocenters. The average molecular weight is 450 g/mol. The maximum atomic E-state index is 12.8. The highest BCUT2D eigenvalue weighted by Crippen LogP contribution is 2.23. The number of carbonyl (C=O) groups is 3. The Morgan fingerprint density at radius 2 is 1.75 bits per heavy atom. The number of amides is 3. The minimum absolute atomic E-state index is 0.0603. The lowest BCUT2D eigenvalue weighted by molar-refractivity contribution is -0.119. The van der Waals surface area contributed by atoms with E-state index in [1.807, 2.05) is 0 Å². The molecule has 0 bridgehead atoms. The van der Waals surface area contributed by atoms with E-state index in [2.05, 4.69) is 20.6 Å². The fourth-order valence-corrected chi connectivity index (χ4v) is 3.49. The SMILES string of the molecule is O=C(Nc1cccnc1C(=O)Nc1ccc(N2CCCCC2=O)cc1)c1ccc(Cl)cn1. The Morgan fingerprint density at radius 3 is 2.47 bits per heavy atom. The Bertz CT molecular complexity index is 1150. The molecule has 4 rings (SSSR count). The number of pyridine rings is 2. The normalized spacial score (nSPS) is 13.5. The first-order valence-corrected chi connectivity index (χ1v) is 10.5. The van der Waals surface area contributed by atoms with Crippen molar-refractivity contribution in [3.05, 3.63) is 77.3 Å². The molecule has 3 aromatic rings. The molecule has 3 amide bonds. The van der Waals surface area contributed by atoms with E-state index < -0.39 is 11.8 Å². The van der Waals surface area contributed by atoms with Gasteiger partial charge >= 0.3 is 0 Å². The Morgan fingerprint density at radius 1 is 0.938 bits per heavy atom. The van der Waals surface area contributed by atoms with Gasteiger partial charge in [0.15, 0.2) is 5.69 Å². The highest BCUT2D eigenvalue weighted by Gasteiger charge is 2.20. The van der Waals surface area contributed by atoms with Gasteiger partial charge in [-0.2, -0.15) is 0 Å². The molecule has 1 fully saturated rings. The molecule has 2 aromatic heterocycles. The van der Waals surface area contributed by atoms with Crippen molar-refractivity contribution in [2.24, 2.45) is 0 Å². The number of halogens is 1. The van der Waals surface area contributed by atoms with Crippen molar-refractivity contribution in [1.82, 2.24) is 9.97 Å². The van der Waals surface area contributed by atoms with E-state index in [0.29, 0.717) is 23.7 Å². The van der Waals surface area contributed by atoms with Crippen LogP contribution in [0.2, 0.25) is 5.02 Å². The molecule has 32 heavy (non-hydrogen) atoms. The zero-order valence-corrected chi connectivity index (χ0v) is 17.8. The number of piperidine rings is 1. The van der Waals surface area contributed by atoms with E-state index in [-0.39, 0.29) is 23.0 Å². The summed E-state index contributed by atoms with van der Waals surface area (Å²) in [7, 11) is 0. The first kappa shape index (κ1) is 21.5. The van der Waals surface area contributed by atoms with Crippen molar-refractivity contribution < 1.29 is 14.4 Å². The number of hydrogen-bond acceptors (Lipinski definition) is 5. The maximum Gasteiger partial charge on any atom is 0.276 e. The van der Waals surface area contributed by atoms with E-state index >= 15 is 0 Å². The summed E-state index contributed by atoms with van der Waals surface area (Å²) in [5, 5.41) is 5.84. The first-order chi connectivity index (χ1) is 15.5. The van der Waals surface area contributed by atoms with E-state index in [4.69, 9.17) is 11.6 Å². The number of benzene rings is 1. The second kappa shape index (κ2) is 9.57. The van der Waals surface area contributed by atoms with Gasteiger partial charge in [0.25, 0.3) is 11.8 Å². The molecule has 1 aliphatic rings. The zero-order chi connectivity index (χ0) is 22.5. The van der Waals surface area contributed by atoms with Gasteiger partial charge in [-0.25, -0.2) is 9.97 Å². The molecule has 1 aliphatic heterocycles. The van der Waals surface area contributed by atoms with Crippen LogP contribution >= 0.6 is 11.6 Å². The largest absolute Gasteiger partial charge is 0.321 e. The zero-order valence-electron chi connectivity index (χ0n) is 17.0. The van der Waals surface area contributed by atoms with Crippen LogP contribution in [0, 0.1) is 0 Å². The molecule has 1 saturated heterocycles. The van der Waals surface area contributed by atoms with E-state index in [1.165, 1.54) is 18.5 Å². The number of carbonyl (C=O) groups excluding carboxylic acids is 3. The topological polar surface area (TPSA) is 104 Å². The highest BCUT2D eigenvalue weighted by molar-refractivity contribution is 6.30. The Balaban J connectivity index is 1.46. The van der Waals surface area contributed by atoms with Crippen molar-refractivity contribution in [2.75, 3.05) is 22.1 Å². The second-order valence-electron chi connectivity index (χ2n) is 7.22. The van der Waals surface area contributed by atoms with Crippen molar-refractivity contribution in [3.63, 3.8) is 0 Å². The molecular weight excluding hydrogens is 430 g/mol. The standard InChI is InChI=1S/C23H20ClN5O3/c24-15-6-11-19(26-14-15)22(31)28-18-4-3-12-25-21(18)23(32)27-16-7-9-17(10-8-16)29-13-2-1-5-20(29)30/h3-4,6-12,14H,1-2,5,13H2,(H,27,32)(H,28,31). The average Bonchev–Trinajstić information content (AvgIpc) is 2.81. The van der Waals surface area contributed by atoms with Gasteiger partial charge in [-0.3, -0.25) is 14.4 Å². The van der Waals surface area contributed by atoms with Crippen LogP contribution in [-0.4, -0.2) is 34.2 Å². The van der Waals surface area contributed by atoms with Gasteiger partial charge in [0, 0.05) is 36.7 Å². The third-order valence-corrected chi connectivity index (χ3v) is 5.21. The molecule has 8 nitrogen and oxygen atoms in total. The minimum Gasteiger partial charge on any atom is -0.321 e. The predicted molar refractivity (Wildman–Crippen MR) is 122 cm³/mol. The van der Waals surface area contributed by atoms with Crippen LogP contribution in [0.15, 0.2) is 60.9 Å². The molecule has 0 spiro atoms. The van der Waals surface area contributed by atoms with Crippen LogP contribution in [0.4, 0.5) is 17.1 Å². The number of anilines is 3. The lowest BCUT2D eigenvalue weighted by Crippen LogP contribution is -2.35. The van der Waals surface area contributed by atoms with E-state index in [0.717, 1.165) is 18.5 Å². The molecule has 2 N–H and O–H groups in total. The van der Waals surface area contributed by atoms with Crippen LogP contribution < -0.4 is 15.5 Å². The summed E-state index contributed by atoms with van der Waals surface area (Å²) in [5.74, 6) is -0.858. The number of aromatic nitrogens is 2. The van der Waals surface area contributed by atoms with Gasteiger partial charge in [0.2, 0.25) is 5.91 Å². The molecule has 0 atom stereocenters.